The fourth-order valence-corrected chi connectivity index (χ4v) is 2.04. The van der Waals surface area contributed by atoms with Crippen molar-refractivity contribution in [3.8, 4) is 0 Å². The average Bonchev–Trinajstić information content (AvgIpc) is 1.85. The van der Waals surface area contributed by atoms with E-state index >= 15 is 0 Å². The monoisotopic (exact) mass is 198 g/mol. The van der Waals surface area contributed by atoms with Gasteiger partial charge in [-0.05, 0) is 17.9 Å². The minimum absolute atomic E-state index is 0.860. The molecule has 0 aromatic rings. The Morgan fingerprint density at radius 1 is 1.33 bits per heavy atom. The zero-order valence-electron chi connectivity index (χ0n) is 5.04. The van der Waals surface area contributed by atoms with Crippen LogP contribution in [0.2, 0.25) is 0 Å². The van der Waals surface area contributed by atoms with Crippen molar-refractivity contribution in [1.29, 1.82) is 0 Å². The van der Waals surface area contributed by atoms with E-state index in [2.05, 4.69) is 25.3 Å². The van der Waals surface area contributed by atoms with E-state index < -0.39 is 0 Å². The average molecular weight is 198 g/mol. The van der Waals surface area contributed by atoms with E-state index in [1.807, 2.05) is 0 Å². The Morgan fingerprint density at radius 2 is 2.00 bits per heavy atom. The molecule has 0 unspecified atom stereocenters. The van der Waals surface area contributed by atoms with Crippen molar-refractivity contribution in [1.82, 2.24) is 0 Å². The van der Waals surface area contributed by atoms with Gasteiger partial charge in [-0.1, -0.05) is 12.2 Å². The zero-order chi connectivity index (χ0) is 7.11. The summed E-state index contributed by atoms with van der Waals surface area (Å²) in [5, 5.41) is 0. The zero-order valence-corrected chi connectivity index (χ0v) is 8.46. The molecule has 0 aliphatic rings. The van der Waals surface area contributed by atoms with Crippen LogP contribution < -0.4 is 0 Å². The van der Waals surface area contributed by atoms with Crippen LogP contribution >= 0.6 is 49.2 Å². The highest BCUT2D eigenvalue weighted by atomic mass is 32.2. The maximum Gasteiger partial charge on any atom is 0.0486 e. The lowest BCUT2D eigenvalue weighted by molar-refractivity contribution is 1.38. The molecule has 0 heterocycles. The lowest BCUT2D eigenvalue weighted by Gasteiger charge is -1.96. The summed E-state index contributed by atoms with van der Waals surface area (Å²) in [6.45, 7) is 0. The van der Waals surface area contributed by atoms with Gasteiger partial charge >= 0.3 is 0 Å². The third-order valence-electron chi connectivity index (χ3n) is 0.670. The molecule has 54 valence electrons. The van der Waals surface area contributed by atoms with Crippen LogP contribution in [0, 0.1) is 0 Å². The summed E-state index contributed by atoms with van der Waals surface area (Å²) in [4.78, 5) is 0. The molecule has 0 aliphatic carbocycles. The van der Waals surface area contributed by atoms with E-state index in [9.17, 15) is 0 Å². The molecule has 0 nitrogen and oxygen atoms in total. The predicted octanol–water partition coefficient (Wildman–Crippen LogP) is 2.30. The Hall–Kier alpha value is 1.14. The number of rotatable bonds is 4. The number of thiol groups is 2. The third-order valence-corrected chi connectivity index (χ3v) is 2.91. The van der Waals surface area contributed by atoms with E-state index in [0.29, 0.717) is 0 Å². The molecule has 0 N–H and O–H groups in total. The summed E-state index contributed by atoms with van der Waals surface area (Å²) in [7, 11) is 0. The van der Waals surface area contributed by atoms with Gasteiger partial charge in [0.1, 0.15) is 0 Å². The van der Waals surface area contributed by atoms with Crippen molar-refractivity contribution in [2.24, 2.45) is 0 Å². The van der Waals surface area contributed by atoms with Gasteiger partial charge in [-0.2, -0.15) is 25.3 Å². The Balaban J connectivity index is 3.06. The number of thiocarbonyl (C=S) groups is 1. The molecule has 0 aliphatic heterocycles. The minimum atomic E-state index is 0.860. The molecule has 0 saturated heterocycles. The first-order valence-corrected chi connectivity index (χ1v) is 5.34. The molecule has 0 aromatic heterocycles. The summed E-state index contributed by atoms with van der Waals surface area (Å²) in [6.07, 6.45) is 0.941. The second kappa shape index (κ2) is 7.25. The molecule has 0 amide bonds. The van der Waals surface area contributed by atoms with E-state index in [4.69, 9.17) is 12.2 Å². The van der Waals surface area contributed by atoms with Gasteiger partial charge in [0.15, 0.2) is 0 Å². The molecule has 0 rings (SSSR count). The Labute approximate surface area is 77.0 Å². The summed E-state index contributed by atoms with van der Waals surface area (Å²) < 4.78 is 1.05. The smallest absolute Gasteiger partial charge is 0.0486 e. The molecule has 0 aromatic carbocycles. The van der Waals surface area contributed by atoms with Crippen LogP contribution in [0.3, 0.4) is 0 Å². The van der Waals surface area contributed by atoms with Gasteiger partial charge in [0.05, 0.1) is 0 Å². The van der Waals surface area contributed by atoms with Crippen molar-refractivity contribution < 1.29 is 0 Å². The SMILES string of the molecule is S=C(CCS)SCCS. The van der Waals surface area contributed by atoms with Crippen LogP contribution in [0.15, 0.2) is 0 Å². The van der Waals surface area contributed by atoms with Crippen LogP contribution in [0.5, 0.6) is 0 Å². The molecule has 9 heavy (non-hydrogen) atoms. The molecule has 0 atom stereocenters. The van der Waals surface area contributed by atoms with E-state index in [0.717, 1.165) is 27.9 Å². The maximum atomic E-state index is 5.00. The summed E-state index contributed by atoms with van der Waals surface area (Å²) in [5.41, 5.74) is 0. The first-order chi connectivity index (χ1) is 4.31. The third kappa shape index (κ3) is 7.03. The van der Waals surface area contributed by atoms with Gasteiger partial charge in [-0.3, -0.25) is 0 Å². The van der Waals surface area contributed by atoms with Gasteiger partial charge in [-0.25, -0.2) is 0 Å². The second-order valence-corrected chi connectivity index (χ2v) is 4.25. The molecule has 4 heteroatoms. The van der Waals surface area contributed by atoms with Crippen LogP contribution in [-0.4, -0.2) is 21.5 Å². The normalized spacial score (nSPS) is 9.56. The van der Waals surface area contributed by atoms with Gasteiger partial charge < -0.3 is 0 Å². The van der Waals surface area contributed by atoms with Crippen molar-refractivity contribution in [3.05, 3.63) is 0 Å². The first kappa shape index (κ1) is 10.1. The first-order valence-electron chi connectivity index (χ1n) is 2.68. The van der Waals surface area contributed by atoms with Crippen LogP contribution in [-0.2, 0) is 0 Å². The quantitative estimate of drug-likeness (QED) is 0.525. The Morgan fingerprint density at radius 3 is 2.44 bits per heavy atom. The largest absolute Gasteiger partial charge is 0.179 e. The molecule has 0 fully saturated rings. The Bertz CT molecular complexity index is 81.0. The summed E-state index contributed by atoms with van der Waals surface area (Å²) >= 11 is 14.8. The fraction of sp³-hybridized carbons (Fsp3) is 0.800. The predicted molar refractivity (Wildman–Crippen MR) is 57.4 cm³/mol. The summed E-state index contributed by atoms with van der Waals surface area (Å²) in [5.74, 6) is 2.78. The molecule has 0 spiro atoms. The number of hydrogen-bond acceptors (Lipinski definition) is 4. The van der Waals surface area contributed by atoms with Gasteiger partial charge in [0, 0.05) is 9.95 Å². The van der Waals surface area contributed by atoms with Crippen molar-refractivity contribution >= 4 is 53.4 Å². The topological polar surface area (TPSA) is 0 Å². The highest BCUT2D eigenvalue weighted by molar-refractivity contribution is 8.23. The molecular weight excluding hydrogens is 188 g/mol. The molecule has 0 bridgehead atoms. The maximum absolute atomic E-state index is 5.00. The minimum Gasteiger partial charge on any atom is -0.179 e. The van der Waals surface area contributed by atoms with Crippen molar-refractivity contribution in [2.75, 3.05) is 17.3 Å². The number of thioether (sulfide) groups is 1. The Kier molecular flexibility index (Phi) is 8.17. The standard InChI is InChI=1S/C5H10S4/c6-2-1-5(8)9-4-3-7/h6-7H,1-4H2. The van der Waals surface area contributed by atoms with Gasteiger partial charge in [0.25, 0.3) is 0 Å². The fourth-order valence-electron chi connectivity index (χ4n) is 0.323. The van der Waals surface area contributed by atoms with Crippen molar-refractivity contribution in [2.45, 2.75) is 6.42 Å². The van der Waals surface area contributed by atoms with E-state index in [1.165, 1.54) is 0 Å². The molecular formula is C5H10S4. The highest BCUT2D eigenvalue weighted by Gasteiger charge is 1.93. The van der Waals surface area contributed by atoms with E-state index in [-0.39, 0.29) is 0 Å². The van der Waals surface area contributed by atoms with Crippen LogP contribution in [0.4, 0.5) is 0 Å². The molecule has 0 radical (unpaired) electrons. The van der Waals surface area contributed by atoms with Crippen molar-refractivity contribution in [3.63, 3.8) is 0 Å². The van der Waals surface area contributed by atoms with Gasteiger partial charge in [0.2, 0.25) is 0 Å². The second-order valence-electron chi connectivity index (χ2n) is 1.42. The van der Waals surface area contributed by atoms with Gasteiger partial charge in [-0.15, -0.1) is 11.8 Å². The highest BCUT2D eigenvalue weighted by Crippen LogP contribution is 2.08. The lowest BCUT2D eigenvalue weighted by Crippen LogP contribution is -1.91. The number of hydrogen-bond donors (Lipinski definition) is 2. The lowest BCUT2D eigenvalue weighted by atomic mass is 10.6. The summed E-state index contributed by atoms with van der Waals surface area (Å²) in [6, 6.07) is 0. The van der Waals surface area contributed by atoms with Crippen LogP contribution in [0.25, 0.3) is 0 Å². The van der Waals surface area contributed by atoms with E-state index in [1.54, 1.807) is 11.8 Å². The molecule has 0 saturated carbocycles. The van der Waals surface area contributed by atoms with Crippen LogP contribution in [0.1, 0.15) is 6.42 Å².